The predicted molar refractivity (Wildman–Crippen MR) is 151 cm³/mol. The number of phenolic OH excluding ortho intramolecular Hbond substituents is 1. The molecule has 1 saturated heterocycles. The summed E-state index contributed by atoms with van der Waals surface area (Å²) in [5.41, 5.74) is -3.27. The maximum Gasteiger partial charge on any atom is 0.322 e. The Morgan fingerprint density at radius 1 is 1.24 bits per heavy atom. The summed E-state index contributed by atoms with van der Waals surface area (Å²) in [6.07, 6.45) is 2.64. The van der Waals surface area contributed by atoms with Crippen molar-refractivity contribution in [2.24, 2.45) is 0 Å². The molecule has 9 nitrogen and oxygen atoms in total. The van der Waals surface area contributed by atoms with Crippen molar-refractivity contribution in [3.05, 3.63) is 92.0 Å². The van der Waals surface area contributed by atoms with Gasteiger partial charge in [0.15, 0.2) is 11.3 Å². The van der Waals surface area contributed by atoms with E-state index in [4.69, 9.17) is 11.6 Å². The third-order valence-electron chi connectivity index (χ3n) is 7.10. The quantitative estimate of drug-likeness (QED) is 0.269. The van der Waals surface area contributed by atoms with Gasteiger partial charge in [-0.15, -0.1) is 0 Å². The number of hydrogen-bond acceptors (Lipinski definition) is 6. The van der Waals surface area contributed by atoms with Gasteiger partial charge in [0.1, 0.15) is 11.6 Å². The summed E-state index contributed by atoms with van der Waals surface area (Å²) in [7, 11) is 0. The van der Waals surface area contributed by atoms with Gasteiger partial charge in [0, 0.05) is 6.20 Å². The van der Waals surface area contributed by atoms with Gasteiger partial charge < -0.3 is 10.0 Å². The van der Waals surface area contributed by atoms with Crippen LogP contribution < -0.4 is 11.1 Å². The first-order valence-corrected chi connectivity index (χ1v) is 13.1. The highest BCUT2D eigenvalue weighted by Crippen LogP contribution is 2.37. The molecule has 0 aliphatic carbocycles. The molecule has 0 bridgehead atoms. The van der Waals surface area contributed by atoms with Crippen LogP contribution in [0.5, 0.6) is 5.75 Å². The first-order valence-electron chi connectivity index (χ1n) is 12.8. The van der Waals surface area contributed by atoms with Crippen LogP contribution in [-0.4, -0.2) is 53.8 Å². The van der Waals surface area contributed by atoms with E-state index in [9.17, 15) is 23.9 Å². The van der Waals surface area contributed by atoms with Gasteiger partial charge in [-0.3, -0.25) is 28.5 Å². The van der Waals surface area contributed by atoms with Gasteiger partial charge in [-0.25, -0.2) is 13.8 Å². The number of likely N-dealkylation sites (tertiary alicyclic amines) is 1. The van der Waals surface area contributed by atoms with Crippen molar-refractivity contribution in [3.63, 3.8) is 0 Å². The highest BCUT2D eigenvalue weighted by molar-refractivity contribution is 6.33. The number of benzene rings is 1. The van der Waals surface area contributed by atoms with Crippen molar-refractivity contribution in [1.82, 2.24) is 24.0 Å². The average Bonchev–Trinajstić information content (AvgIpc) is 2.90. The van der Waals surface area contributed by atoms with Gasteiger partial charge in [0.2, 0.25) is 5.91 Å². The van der Waals surface area contributed by atoms with Crippen LogP contribution in [0.4, 0.5) is 8.78 Å². The van der Waals surface area contributed by atoms with Crippen LogP contribution in [0.1, 0.15) is 31.0 Å². The van der Waals surface area contributed by atoms with Crippen LogP contribution in [0.3, 0.4) is 0 Å². The van der Waals surface area contributed by atoms with Gasteiger partial charge in [-0.2, -0.15) is 0 Å². The highest BCUT2D eigenvalue weighted by atomic mass is 35.5. The number of amides is 1. The van der Waals surface area contributed by atoms with E-state index in [1.54, 1.807) is 19.2 Å². The number of carbonyl (C=O) groups is 1. The van der Waals surface area contributed by atoms with Gasteiger partial charge in [0.05, 0.1) is 52.8 Å². The molecule has 0 spiro atoms. The minimum absolute atomic E-state index is 0.00246. The van der Waals surface area contributed by atoms with Crippen LogP contribution in [0.25, 0.3) is 28.1 Å². The highest BCUT2D eigenvalue weighted by Gasteiger charge is 2.46. The molecule has 5 rings (SSSR count). The zero-order valence-corrected chi connectivity index (χ0v) is 23.2. The molecule has 1 N–H and O–H groups in total. The van der Waals surface area contributed by atoms with Crippen LogP contribution in [-0.2, 0) is 11.3 Å². The van der Waals surface area contributed by atoms with Crippen molar-refractivity contribution in [2.75, 3.05) is 13.1 Å². The molecule has 3 aromatic heterocycles. The van der Waals surface area contributed by atoms with Crippen LogP contribution in [0.15, 0.2) is 58.8 Å². The maximum atomic E-state index is 15.7. The summed E-state index contributed by atoms with van der Waals surface area (Å²) >= 11 is 6.55. The van der Waals surface area contributed by atoms with Crippen molar-refractivity contribution >= 4 is 28.7 Å². The molecule has 4 aromatic rings. The third-order valence-corrected chi connectivity index (χ3v) is 7.39. The van der Waals surface area contributed by atoms with Gasteiger partial charge in [-0.1, -0.05) is 38.1 Å². The second-order valence-corrected chi connectivity index (χ2v) is 10.8. The number of rotatable bonds is 6. The van der Waals surface area contributed by atoms with Crippen LogP contribution >= 0.6 is 11.6 Å². The fraction of sp³-hybridized carbons (Fsp3) is 0.276. The van der Waals surface area contributed by atoms with Crippen molar-refractivity contribution in [3.8, 4) is 22.7 Å². The number of aromatic nitrogens is 4. The number of nitrogens with zero attached hydrogens (tertiary/aromatic N) is 5. The molecule has 212 valence electrons. The van der Waals surface area contributed by atoms with E-state index >= 15 is 4.39 Å². The van der Waals surface area contributed by atoms with E-state index in [1.807, 2.05) is 13.8 Å². The molecule has 0 unspecified atom stereocenters. The molecule has 1 aliphatic rings. The standard InChI is InChI=1S/C29H26ClF2N5O4/c1-5-21(39)35-12-29(32,13-35)14-36-19-11-17(30)24(22-18(31)7-6-8-20(22)38)34-26(19)37(28(41)27(36)40)25-16(4)9-10-33-23(25)15(2)3/h5-11,15,38H,1,12-14H2,2-4H3. The zero-order valence-electron chi connectivity index (χ0n) is 22.5. The summed E-state index contributed by atoms with van der Waals surface area (Å²) in [5.74, 6) is -1.89. The smallest absolute Gasteiger partial charge is 0.322 e. The van der Waals surface area contributed by atoms with Crippen molar-refractivity contribution in [1.29, 1.82) is 0 Å². The first kappa shape index (κ1) is 28.2. The number of carbonyl (C=O) groups excluding carboxylic acids is 1. The summed E-state index contributed by atoms with van der Waals surface area (Å²) in [6, 6.07) is 6.65. The van der Waals surface area contributed by atoms with E-state index in [1.165, 1.54) is 23.1 Å². The number of phenols is 1. The Labute approximate surface area is 238 Å². The Morgan fingerprint density at radius 2 is 1.95 bits per heavy atom. The molecule has 1 fully saturated rings. The Balaban J connectivity index is 1.85. The maximum absolute atomic E-state index is 15.7. The van der Waals surface area contributed by atoms with Gasteiger partial charge in [-0.05, 0) is 48.7 Å². The largest absolute Gasteiger partial charge is 0.507 e. The topological polar surface area (TPSA) is 110 Å². The molecule has 0 saturated carbocycles. The number of alkyl halides is 1. The Hall–Kier alpha value is -4.38. The summed E-state index contributed by atoms with van der Waals surface area (Å²) in [6.45, 7) is 7.69. The van der Waals surface area contributed by atoms with E-state index in [0.717, 1.165) is 21.3 Å². The Kier molecular flexibility index (Phi) is 7.02. The summed E-state index contributed by atoms with van der Waals surface area (Å²) < 4.78 is 32.7. The molecule has 41 heavy (non-hydrogen) atoms. The summed E-state index contributed by atoms with van der Waals surface area (Å²) in [4.78, 5) is 49.5. The normalized spacial score (nSPS) is 14.4. The van der Waals surface area contributed by atoms with Crippen molar-refractivity contribution in [2.45, 2.75) is 38.9 Å². The van der Waals surface area contributed by atoms with Gasteiger partial charge in [0.25, 0.3) is 0 Å². The van der Waals surface area contributed by atoms with Crippen LogP contribution in [0, 0.1) is 12.7 Å². The van der Waals surface area contributed by atoms with E-state index in [-0.39, 0.29) is 46.5 Å². The lowest BCUT2D eigenvalue weighted by Gasteiger charge is -2.44. The molecule has 0 radical (unpaired) electrons. The number of fused-ring (bicyclic) bond motifs is 1. The van der Waals surface area contributed by atoms with Crippen LogP contribution in [0.2, 0.25) is 5.02 Å². The SMILES string of the molecule is C=CC(=O)N1CC(F)(Cn2c(=O)c(=O)n(-c3c(C)ccnc3C(C)C)c3nc(-c4c(O)cccc4F)c(Cl)cc32)C1. The minimum Gasteiger partial charge on any atom is -0.507 e. The van der Waals surface area contributed by atoms with E-state index < -0.39 is 40.8 Å². The monoisotopic (exact) mass is 581 g/mol. The Morgan fingerprint density at radius 3 is 2.59 bits per heavy atom. The number of halogens is 3. The lowest BCUT2D eigenvalue weighted by atomic mass is 9.95. The second-order valence-electron chi connectivity index (χ2n) is 10.4. The first-order chi connectivity index (χ1) is 19.4. The second kappa shape index (κ2) is 10.2. The molecule has 12 heteroatoms. The summed E-state index contributed by atoms with van der Waals surface area (Å²) in [5, 5.41) is 10.3. The molecule has 1 amide bonds. The number of aryl methyl sites for hydroxylation is 1. The lowest BCUT2D eigenvalue weighted by Crippen LogP contribution is -2.63. The fourth-order valence-electron chi connectivity index (χ4n) is 5.13. The zero-order chi connectivity index (χ0) is 29.8. The number of aromatic hydroxyl groups is 1. The van der Waals surface area contributed by atoms with Crippen molar-refractivity contribution < 1.29 is 18.7 Å². The van der Waals surface area contributed by atoms with E-state index in [0.29, 0.717) is 16.9 Å². The van der Waals surface area contributed by atoms with E-state index in [2.05, 4.69) is 16.5 Å². The lowest BCUT2D eigenvalue weighted by molar-refractivity contribution is -0.141. The Bertz CT molecular complexity index is 1840. The average molecular weight is 582 g/mol. The van der Waals surface area contributed by atoms with Gasteiger partial charge >= 0.3 is 11.1 Å². The molecule has 1 aromatic carbocycles. The molecule has 0 atom stereocenters. The predicted octanol–water partition coefficient (Wildman–Crippen LogP) is 4.28. The molecular weight excluding hydrogens is 556 g/mol. The fourth-order valence-corrected chi connectivity index (χ4v) is 5.37. The molecule has 1 aliphatic heterocycles. The number of hydrogen-bond donors (Lipinski definition) is 1. The molecule has 4 heterocycles. The number of pyridine rings is 2. The minimum atomic E-state index is -2.02. The third kappa shape index (κ3) is 4.69. The molecular formula is C29H26ClF2N5O4.